The number of carbonyl (C=O) groups excluding carboxylic acids is 1. The van der Waals surface area contributed by atoms with Crippen LogP contribution in [-0.2, 0) is 4.79 Å². The second-order valence-corrected chi connectivity index (χ2v) is 8.94. The molecule has 1 aromatic carbocycles. The molecule has 0 bridgehead atoms. The van der Waals surface area contributed by atoms with Crippen LogP contribution in [0.25, 0.3) is 16.5 Å². The number of rotatable bonds is 5. The third kappa shape index (κ3) is 3.60. The smallest absolute Gasteiger partial charge is 0.230 e. The molecule has 4 aromatic rings. The molecular formula is C22H23N5O3S. The predicted octanol–water partition coefficient (Wildman–Crippen LogP) is 3.35. The van der Waals surface area contributed by atoms with Crippen molar-refractivity contribution < 1.29 is 14.3 Å². The lowest BCUT2D eigenvalue weighted by molar-refractivity contribution is -0.123. The maximum atomic E-state index is 11.6. The van der Waals surface area contributed by atoms with Gasteiger partial charge in [-0.15, -0.1) is 5.10 Å². The third-order valence-corrected chi connectivity index (χ3v) is 6.92. The van der Waals surface area contributed by atoms with Crippen molar-refractivity contribution in [2.75, 3.05) is 13.1 Å². The minimum Gasteiger partial charge on any atom is -0.492 e. The first-order valence-electron chi connectivity index (χ1n) is 10.2. The maximum Gasteiger partial charge on any atom is 0.230 e. The number of benzene rings is 1. The van der Waals surface area contributed by atoms with Crippen LogP contribution in [0.5, 0.6) is 5.88 Å². The van der Waals surface area contributed by atoms with Crippen LogP contribution in [0.15, 0.2) is 47.1 Å². The third-order valence-electron chi connectivity index (χ3n) is 5.84. The van der Waals surface area contributed by atoms with Crippen LogP contribution in [0.1, 0.15) is 34.9 Å². The van der Waals surface area contributed by atoms with E-state index < -0.39 is 0 Å². The van der Waals surface area contributed by atoms with Crippen molar-refractivity contribution in [2.24, 2.45) is 11.7 Å². The van der Waals surface area contributed by atoms with E-state index in [0.29, 0.717) is 29.4 Å². The molecule has 5 rings (SSSR count). The minimum atomic E-state index is -0.237. The SMILES string of the molecule is Cc1cccc([C@H](c2sc3nc(-c4ccco4)nn3c2O)N2CCC(C(N)=O)CC2)c1. The Labute approximate surface area is 182 Å². The lowest BCUT2D eigenvalue weighted by Crippen LogP contribution is -2.40. The number of thiazole rings is 1. The number of likely N-dealkylation sites (tertiary alicyclic amines) is 1. The molecule has 160 valence electrons. The second kappa shape index (κ2) is 7.82. The van der Waals surface area contributed by atoms with E-state index in [1.807, 2.05) is 6.07 Å². The highest BCUT2D eigenvalue weighted by Gasteiger charge is 2.33. The van der Waals surface area contributed by atoms with Gasteiger partial charge in [0, 0.05) is 5.92 Å². The van der Waals surface area contributed by atoms with Gasteiger partial charge >= 0.3 is 0 Å². The van der Waals surface area contributed by atoms with Gasteiger partial charge in [-0.25, -0.2) is 0 Å². The van der Waals surface area contributed by atoms with Crippen molar-refractivity contribution in [1.82, 2.24) is 19.5 Å². The fourth-order valence-corrected chi connectivity index (χ4v) is 5.37. The van der Waals surface area contributed by atoms with E-state index in [0.717, 1.165) is 29.1 Å². The van der Waals surface area contributed by atoms with E-state index in [9.17, 15) is 9.90 Å². The average Bonchev–Trinajstić information content (AvgIpc) is 3.48. The topological polar surface area (TPSA) is 110 Å². The summed E-state index contributed by atoms with van der Waals surface area (Å²) < 4.78 is 6.85. The summed E-state index contributed by atoms with van der Waals surface area (Å²) in [6.07, 6.45) is 2.99. The van der Waals surface area contributed by atoms with E-state index >= 15 is 0 Å². The van der Waals surface area contributed by atoms with Gasteiger partial charge in [0.25, 0.3) is 0 Å². The zero-order valence-electron chi connectivity index (χ0n) is 17.1. The predicted molar refractivity (Wildman–Crippen MR) is 117 cm³/mol. The number of carbonyl (C=O) groups is 1. The molecule has 0 unspecified atom stereocenters. The molecule has 1 amide bonds. The molecule has 1 fully saturated rings. The lowest BCUT2D eigenvalue weighted by Gasteiger charge is -2.36. The highest BCUT2D eigenvalue weighted by molar-refractivity contribution is 7.17. The quantitative estimate of drug-likeness (QED) is 0.495. The van der Waals surface area contributed by atoms with E-state index in [4.69, 9.17) is 10.2 Å². The number of furan rings is 1. The Balaban J connectivity index is 1.55. The number of hydrogen-bond donors (Lipinski definition) is 2. The van der Waals surface area contributed by atoms with Gasteiger partial charge in [-0.05, 0) is 50.6 Å². The Morgan fingerprint density at radius 1 is 1.29 bits per heavy atom. The molecule has 9 heteroatoms. The molecule has 3 aromatic heterocycles. The Bertz CT molecular complexity index is 1220. The number of primary amides is 1. The summed E-state index contributed by atoms with van der Waals surface area (Å²) in [4.78, 5) is 19.8. The molecule has 31 heavy (non-hydrogen) atoms. The molecular weight excluding hydrogens is 414 g/mol. The van der Waals surface area contributed by atoms with Crippen LogP contribution < -0.4 is 5.73 Å². The molecule has 0 aliphatic carbocycles. The summed E-state index contributed by atoms with van der Waals surface area (Å²) >= 11 is 1.42. The second-order valence-electron chi connectivity index (χ2n) is 7.93. The first kappa shape index (κ1) is 19.8. The van der Waals surface area contributed by atoms with Crippen molar-refractivity contribution in [1.29, 1.82) is 0 Å². The summed E-state index contributed by atoms with van der Waals surface area (Å²) in [7, 11) is 0. The van der Waals surface area contributed by atoms with Crippen LogP contribution in [-0.4, -0.2) is 43.6 Å². The summed E-state index contributed by atoms with van der Waals surface area (Å²) in [6.45, 7) is 3.49. The van der Waals surface area contributed by atoms with E-state index in [1.54, 1.807) is 18.4 Å². The Morgan fingerprint density at radius 3 is 2.74 bits per heavy atom. The number of aryl methyl sites for hydroxylation is 1. The van der Waals surface area contributed by atoms with Gasteiger partial charge in [-0.2, -0.15) is 9.50 Å². The molecule has 8 nitrogen and oxygen atoms in total. The molecule has 0 radical (unpaired) electrons. The van der Waals surface area contributed by atoms with Gasteiger partial charge < -0.3 is 15.3 Å². The van der Waals surface area contributed by atoms with Gasteiger partial charge in [0.2, 0.25) is 22.6 Å². The van der Waals surface area contributed by atoms with Crippen molar-refractivity contribution in [3.8, 4) is 17.5 Å². The number of fused-ring (bicyclic) bond motifs is 1. The largest absolute Gasteiger partial charge is 0.492 e. The number of hydrogen-bond acceptors (Lipinski definition) is 7. The highest BCUT2D eigenvalue weighted by atomic mass is 32.1. The molecule has 0 saturated carbocycles. The van der Waals surface area contributed by atoms with Crippen LogP contribution in [0.2, 0.25) is 0 Å². The van der Waals surface area contributed by atoms with Crippen molar-refractivity contribution in [3.05, 3.63) is 58.7 Å². The highest BCUT2D eigenvalue weighted by Crippen LogP contribution is 2.41. The number of piperidine rings is 1. The van der Waals surface area contributed by atoms with Crippen LogP contribution in [0.3, 0.4) is 0 Å². The minimum absolute atomic E-state index is 0.0776. The van der Waals surface area contributed by atoms with E-state index in [-0.39, 0.29) is 23.7 Å². The average molecular weight is 438 g/mol. The van der Waals surface area contributed by atoms with Gasteiger partial charge in [0.15, 0.2) is 5.76 Å². The molecule has 1 saturated heterocycles. The summed E-state index contributed by atoms with van der Waals surface area (Å²) in [5, 5.41) is 15.6. The zero-order chi connectivity index (χ0) is 21.5. The van der Waals surface area contributed by atoms with Crippen LogP contribution >= 0.6 is 11.3 Å². The first-order valence-corrected chi connectivity index (χ1v) is 11.0. The van der Waals surface area contributed by atoms with Gasteiger partial charge in [-0.3, -0.25) is 9.69 Å². The van der Waals surface area contributed by atoms with Crippen LogP contribution in [0, 0.1) is 12.8 Å². The maximum absolute atomic E-state index is 11.6. The normalized spacial score (nSPS) is 16.7. The molecule has 1 atom stereocenters. The Hall–Kier alpha value is -3.17. The Morgan fingerprint density at radius 2 is 2.10 bits per heavy atom. The number of aromatic hydroxyl groups is 1. The summed E-state index contributed by atoms with van der Waals surface area (Å²) in [6, 6.07) is 11.7. The van der Waals surface area contributed by atoms with Gasteiger partial charge in [0.05, 0.1) is 17.2 Å². The first-order chi connectivity index (χ1) is 15.0. The molecule has 0 spiro atoms. The monoisotopic (exact) mass is 437 g/mol. The van der Waals surface area contributed by atoms with Crippen molar-refractivity contribution in [2.45, 2.75) is 25.8 Å². The molecule has 4 heterocycles. The number of aromatic nitrogens is 3. The fourth-order valence-electron chi connectivity index (χ4n) is 4.25. The van der Waals surface area contributed by atoms with Gasteiger partial charge in [0.1, 0.15) is 0 Å². The van der Waals surface area contributed by atoms with Crippen molar-refractivity contribution >= 4 is 22.2 Å². The zero-order valence-corrected chi connectivity index (χ0v) is 17.9. The molecule has 1 aliphatic heterocycles. The molecule has 3 N–H and O–H groups in total. The lowest BCUT2D eigenvalue weighted by atomic mass is 9.93. The number of amides is 1. The van der Waals surface area contributed by atoms with Crippen LogP contribution in [0.4, 0.5) is 0 Å². The van der Waals surface area contributed by atoms with Gasteiger partial charge in [-0.1, -0.05) is 41.2 Å². The van der Waals surface area contributed by atoms with Crippen molar-refractivity contribution in [3.63, 3.8) is 0 Å². The summed E-state index contributed by atoms with van der Waals surface area (Å²) in [5.74, 6) is 0.738. The standard InChI is InChI=1S/C22H23N5O3S/c1-13-4-2-5-15(12-13)17(26-9-7-14(8-10-26)19(23)28)18-21(29)27-22(31-18)24-20(25-27)16-6-3-11-30-16/h2-6,11-12,14,17,29H,7-10H2,1H3,(H2,23,28)/t17-/m1/s1. The fraction of sp³-hybridized carbons (Fsp3) is 0.318. The number of nitrogens with zero attached hydrogens (tertiary/aromatic N) is 4. The number of nitrogens with two attached hydrogens (primary N) is 1. The molecule has 1 aliphatic rings. The van der Waals surface area contributed by atoms with E-state index in [2.05, 4.69) is 40.1 Å². The Kier molecular flexibility index (Phi) is 4.99. The van der Waals surface area contributed by atoms with E-state index in [1.165, 1.54) is 15.9 Å². The summed E-state index contributed by atoms with van der Waals surface area (Å²) in [5.41, 5.74) is 7.76.